The summed E-state index contributed by atoms with van der Waals surface area (Å²) in [6.07, 6.45) is 0. The Morgan fingerprint density at radius 1 is 1.21 bits per heavy atom. The first-order valence-corrected chi connectivity index (χ1v) is 6.83. The van der Waals surface area contributed by atoms with Gasteiger partial charge in [0.15, 0.2) is 0 Å². The lowest BCUT2D eigenvalue weighted by Crippen LogP contribution is -1.87. The van der Waals surface area contributed by atoms with Crippen LogP contribution in [0.3, 0.4) is 0 Å². The Bertz CT molecular complexity index is 665. The second-order valence-corrected chi connectivity index (χ2v) is 5.64. The van der Waals surface area contributed by atoms with Crippen LogP contribution in [0.5, 0.6) is 0 Å². The fourth-order valence-corrected chi connectivity index (χ4v) is 2.88. The first-order chi connectivity index (χ1) is 9.10. The maximum absolute atomic E-state index is 10.6. The van der Waals surface area contributed by atoms with Gasteiger partial charge in [-0.2, -0.15) is 5.26 Å². The van der Waals surface area contributed by atoms with Crippen LogP contribution in [0.15, 0.2) is 56.7 Å². The molecular weight excluding hydrogens is 328 g/mol. The van der Waals surface area contributed by atoms with Gasteiger partial charge in [0.25, 0.3) is 5.69 Å². The van der Waals surface area contributed by atoms with Gasteiger partial charge in [-0.25, -0.2) is 0 Å². The molecule has 2 aromatic carbocycles. The predicted molar refractivity (Wildman–Crippen MR) is 76.1 cm³/mol. The Morgan fingerprint density at radius 3 is 2.47 bits per heavy atom. The Morgan fingerprint density at radius 2 is 1.89 bits per heavy atom. The fourth-order valence-electron chi connectivity index (χ4n) is 1.44. The van der Waals surface area contributed by atoms with E-state index >= 15 is 0 Å². The Labute approximate surface area is 122 Å². The number of hydrogen-bond donors (Lipinski definition) is 0. The first-order valence-electron chi connectivity index (χ1n) is 5.22. The van der Waals surface area contributed by atoms with E-state index in [-0.39, 0.29) is 5.69 Å². The van der Waals surface area contributed by atoms with Crippen LogP contribution in [-0.4, -0.2) is 4.92 Å². The van der Waals surface area contributed by atoms with Crippen LogP contribution in [0, 0.1) is 21.4 Å². The number of nitriles is 1. The number of nitrogens with zero attached hydrogens (tertiary/aromatic N) is 2. The summed E-state index contributed by atoms with van der Waals surface area (Å²) < 4.78 is 0.885. The van der Waals surface area contributed by atoms with Gasteiger partial charge in [0, 0.05) is 26.4 Å². The number of hydrogen-bond acceptors (Lipinski definition) is 4. The van der Waals surface area contributed by atoms with E-state index in [0.29, 0.717) is 5.56 Å². The van der Waals surface area contributed by atoms with E-state index in [4.69, 9.17) is 5.26 Å². The molecule has 0 saturated heterocycles. The molecule has 0 atom stereocenters. The zero-order valence-electron chi connectivity index (χ0n) is 9.54. The molecule has 0 unspecified atom stereocenters. The van der Waals surface area contributed by atoms with E-state index in [1.807, 2.05) is 6.07 Å². The van der Waals surface area contributed by atoms with E-state index in [1.54, 1.807) is 24.3 Å². The molecule has 94 valence electrons. The van der Waals surface area contributed by atoms with Crippen molar-refractivity contribution in [2.75, 3.05) is 0 Å². The standard InChI is InChI=1S/C13H7BrN2O2S/c14-10-2-1-9(8-15)13(7-10)19-12-5-3-11(4-6-12)16(17)18/h1-7H. The van der Waals surface area contributed by atoms with Crippen LogP contribution in [0.4, 0.5) is 5.69 Å². The highest BCUT2D eigenvalue weighted by molar-refractivity contribution is 9.10. The molecule has 2 aromatic rings. The molecular formula is C13H7BrN2O2S. The van der Waals surface area contributed by atoms with Gasteiger partial charge in [-0.3, -0.25) is 10.1 Å². The summed E-state index contributed by atoms with van der Waals surface area (Å²) in [4.78, 5) is 11.8. The van der Waals surface area contributed by atoms with E-state index in [1.165, 1.54) is 23.9 Å². The highest BCUT2D eigenvalue weighted by atomic mass is 79.9. The number of halogens is 1. The Balaban J connectivity index is 2.28. The molecule has 0 heterocycles. The van der Waals surface area contributed by atoms with Gasteiger partial charge in [-0.05, 0) is 30.3 Å². The van der Waals surface area contributed by atoms with E-state index < -0.39 is 4.92 Å². The van der Waals surface area contributed by atoms with Gasteiger partial charge in [0.2, 0.25) is 0 Å². The largest absolute Gasteiger partial charge is 0.269 e. The third-order valence-corrected chi connectivity index (χ3v) is 3.90. The van der Waals surface area contributed by atoms with Gasteiger partial charge >= 0.3 is 0 Å². The molecule has 2 rings (SSSR count). The Hall–Kier alpha value is -1.84. The summed E-state index contributed by atoms with van der Waals surface area (Å²) in [6, 6.07) is 13.8. The highest BCUT2D eigenvalue weighted by Gasteiger charge is 2.08. The van der Waals surface area contributed by atoms with Crippen LogP contribution in [0.2, 0.25) is 0 Å². The van der Waals surface area contributed by atoms with Crippen LogP contribution in [0.1, 0.15) is 5.56 Å². The van der Waals surface area contributed by atoms with Crippen molar-refractivity contribution >= 4 is 33.4 Å². The molecule has 4 nitrogen and oxygen atoms in total. The summed E-state index contributed by atoms with van der Waals surface area (Å²) in [5.74, 6) is 0. The summed E-state index contributed by atoms with van der Waals surface area (Å²) in [5.41, 5.74) is 0.630. The lowest BCUT2D eigenvalue weighted by molar-refractivity contribution is -0.384. The monoisotopic (exact) mass is 334 g/mol. The van der Waals surface area contributed by atoms with Crippen molar-refractivity contribution in [1.29, 1.82) is 5.26 Å². The zero-order valence-corrected chi connectivity index (χ0v) is 11.9. The van der Waals surface area contributed by atoms with Gasteiger partial charge in [0.1, 0.15) is 6.07 Å². The first kappa shape index (κ1) is 13.6. The van der Waals surface area contributed by atoms with Crippen molar-refractivity contribution in [2.45, 2.75) is 9.79 Å². The SMILES string of the molecule is N#Cc1ccc(Br)cc1Sc1ccc([N+](=O)[O-])cc1. The van der Waals surface area contributed by atoms with Crippen LogP contribution in [-0.2, 0) is 0 Å². The second kappa shape index (κ2) is 5.87. The van der Waals surface area contributed by atoms with Gasteiger partial charge < -0.3 is 0 Å². The van der Waals surface area contributed by atoms with Crippen molar-refractivity contribution in [3.05, 3.63) is 62.6 Å². The smallest absolute Gasteiger partial charge is 0.258 e. The minimum Gasteiger partial charge on any atom is -0.258 e. The summed E-state index contributed by atoms with van der Waals surface area (Å²) in [5, 5.41) is 19.6. The molecule has 0 spiro atoms. The van der Waals surface area contributed by atoms with Crippen LogP contribution < -0.4 is 0 Å². The number of nitro groups is 1. The van der Waals surface area contributed by atoms with Crippen molar-refractivity contribution in [1.82, 2.24) is 0 Å². The molecule has 0 N–H and O–H groups in total. The number of benzene rings is 2. The molecule has 6 heteroatoms. The average Bonchev–Trinajstić information content (AvgIpc) is 2.39. The van der Waals surface area contributed by atoms with E-state index in [9.17, 15) is 10.1 Å². The van der Waals surface area contributed by atoms with E-state index in [0.717, 1.165) is 14.3 Å². The highest BCUT2D eigenvalue weighted by Crippen LogP contribution is 2.33. The molecule has 0 aliphatic carbocycles. The summed E-state index contributed by atoms with van der Waals surface area (Å²) in [6.45, 7) is 0. The lowest BCUT2D eigenvalue weighted by Gasteiger charge is -2.04. The molecule has 0 radical (unpaired) electrons. The van der Waals surface area contributed by atoms with Crippen molar-refractivity contribution in [2.24, 2.45) is 0 Å². The average molecular weight is 335 g/mol. The summed E-state index contributed by atoms with van der Waals surface area (Å²) >= 11 is 4.76. The maximum atomic E-state index is 10.6. The normalized spacial score (nSPS) is 9.89. The number of non-ortho nitro benzene ring substituents is 1. The molecule has 0 fully saturated rings. The molecule has 0 aliphatic heterocycles. The topological polar surface area (TPSA) is 66.9 Å². The molecule has 0 amide bonds. The molecule has 0 aliphatic rings. The van der Waals surface area contributed by atoms with E-state index in [2.05, 4.69) is 22.0 Å². The second-order valence-electron chi connectivity index (χ2n) is 3.61. The molecule has 0 aromatic heterocycles. The molecule has 19 heavy (non-hydrogen) atoms. The van der Waals surface area contributed by atoms with Gasteiger partial charge in [-0.15, -0.1) is 0 Å². The van der Waals surface area contributed by atoms with Crippen molar-refractivity contribution in [3.63, 3.8) is 0 Å². The van der Waals surface area contributed by atoms with Crippen molar-refractivity contribution in [3.8, 4) is 6.07 Å². The molecule has 0 saturated carbocycles. The minimum atomic E-state index is -0.436. The number of rotatable bonds is 3. The van der Waals surface area contributed by atoms with Crippen LogP contribution >= 0.6 is 27.7 Å². The Kier molecular flexibility index (Phi) is 4.20. The van der Waals surface area contributed by atoms with Crippen molar-refractivity contribution < 1.29 is 4.92 Å². The lowest BCUT2D eigenvalue weighted by atomic mass is 10.2. The number of nitro benzene ring substituents is 1. The third kappa shape index (κ3) is 3.34. The molecule has 0 bridgehead atoms. The fraction of sp³-hybridized carbons (Fsp3) is 0. The third-order valence-electron chi connectivity index (χ3n) is 2.34. The van der Waals surface area contributed by atoms with Crippen LogP contribution in [0.25, 0.3) is 0 Å². The van der Waals surface area contributed by atoms with Gasteiger partial charge in [-0.1, -0.05) is 27.7 Å². The quantitative estimate of drug-likeness (QED) is 0.617. The summed E-state index contributed by atoms with van der Waals surface area (Å²) in [7, 11) is 0. The predicted octanol–water partition coefficient (Wildman–Crippen LogP) is 4.38. The zero-order chi connectivity index (χ0) is 13.8. The van der Waals surface area contributed by atoms with Gasteiger partial charge in [0.05, 0.1) is 10.5 Å². The maximum Gasteiger partial charge on any atom is 0.269 e. The minimum absolute atomic E-state index is 0.0547.